The molecule has 0 aromatic heterocycles. The molecule has 0 amide bonds. The largest absolute Gasteiger partial charge is 0.348 e. The molecule has 0 fully saturated rings. The minimum Gasteiger partial charge on any atom is -0.348 e. The first-order valence-electron chi connectivity index (χ1n) is 4.21. The minimum absolute atomic E-state index is 0.650. The van der Waals surface area contributed by atoms with Crippen LogP contribution in [0.2, 0.25) is 0 Å². The molecule has 0 aliphatic carbocycles. The van der Waals surface area contributed by atoms with Gasteiger partial charge in [0.1, 0.15) is 0 Å². The summed E-state index contributed by atoms with van der Waals surface area (Å²) >= 11 is 5.90. The van der Waals surface area contributed by atoms with Crippen LogP contribution in [0.15, 0.2) is 4.99 Å². The molecule has 0 saturated heterocycles. The Labute approximate surface area is 74.3 Å². The topological polar surface area (TPSA) is 15.6 Å². The van der Waals surface area contributed by atoms with Gasteiger partial charge in [0.05, 0.1) is 0 Å². The number of hydrogen-bond acceptors (Lipinski definition) is 1. The number of hydrogen-bond donors (Lipinski definition) is 0. The number of amidine groups is 1. The van der Waals surface area contributed by atoms with Crippen LogP contribution in [-0.4, -0.2) is 29.8 Å². The molecule has 0 heterocycles. The summed E-state index contributed by atoms with van der Waals surface area (Å²) in [6, 6.07) is 0. The van der Waals surface area contributed by atoms with E-state index in [1.807, 2.05) is 6.92 Å². The van der Waals surface area contributed by atoms with Gasteiger partial charge in [0, 0.05) is 19.6 Å². The first-order chi connectivity index (χ1) is 5.26. The van der Waals surface area contributed by atoms with Crippen LogP contribution in [0.1, 0.15) is 27.2 Å². The van der Waals surface area contributed by atoms with Crippen molar-refractivity contribution >= 4 is 16.9 Å². The van der Waals surface area contributed by atoms with E-state index in [0.717, 1.165) is 26.1 Å². The number of halogens is 1. The minimum atomic E-state index is 0.650. The van der Waals surface area contributed by atoms with Crippen molar-refractivity contribution in [3.05, 3.63) is 0 Å². The molecule has 0 unspecified atom stereocenters. The van der Waals surface area contributed by atoms with Crippen LogP contribution in [0.4, 0.5) is 0 Å². The van der Waals surface area contributed by atoms with Crippen LogP contribution < -0.4 is 0 Å². The fraction of sp³-hybridized carbons (Fsp3) is 0.875. The molecule has 0 spiro atoms. The van der Waals surface area contributed by atoms with Crippen molar-refractivity contribution in [1.82, 2.24) is 4.90 Å². The van der Waals surface area contributed by atoms with Gasteiger partial charge in [-0.25, -0.2) is 0 Å². The van der Waals surface area contributed by atoms with Gasteiger partial charge in [-0.15, -0.1) is 0 Å². The molecule has 0 rings (SSSR count). The molecule has 0 radical (unpaired) electrons. The van der Waals surface area contributed by atoms with Crippen LogP contribution in [0.5, 0.6) is 0 Å². The predicted molar refractivity (Wildman–Crippen MR) is 51.4 cm³/mol. The second-order valence-electron chi connectivity index (χ2n) is 2.32. The molecule has 0 N–H and O–H groups in total. The molecule has 0 saturated carbocycles. The molecule has 0 aliphatic heterocycles. The maximum absolute atomic E-state index is 5.90. The monoisotopic (exact) mass is 176 g/mol. The summed E-state index contributed by atoms with van der Waals surface area (Å²) in [6.07, 6.45) is 1.11. The highest BCUT2D eigenvalue weighted by atomic mass is 35.5. The van der Waals surface area contributed by atoms with Gasteiger partial charge >= 0.3 is 0 Å². The fourth-order valence-electron chi connectivity index (χ4n) is 0.881. The van der Waals surface area contributed by atoms with E-state index in [4.69, 9.17) is 11.6 Å². The van der Waals surface area contributed by atoms with E-state index in [2.05, 4.69) is 23.7 Å². The molecule has 2 nitrogen and oxygen atoms in total. The molecule has 0 aromatic rings. The van der Waals surface area contributed by atoms with E-state index < -0.39 is 0 Å². The van der Waals surface area contributed by atoms with Crippen molar-refractivity contribution in [2.75, 3.05) is 19.6 Å². The number of aliphatic imine (C=N–C) groups is 1. The van der Waals surface area contributed by atoms with Gasteiger partial charge in [0.15, 0.2) is 5.29 Å². The van der Waals surface area contributed by atoms with Crippen molar-refractivity contribution in [2.24, 2.45) is 4.99 Å². The van der Waals surface area contributed by atoms with Crippen molar-refractivity contribution in [3.63, 3.8) is 0 Å². The van der Waals surface area contributed by atoms with Gasteiger partial charge < -0.3 is 4.90 Å². The lowest BCUT2D eigenvalue weighted by Crippen LogP contribution is -2.27. The molecule has 66 valence electrons. The molecule has 0 bridgehead atoms. The molecule has 3 heteroatoms. The maximum Gasteiger partial charge on any atom is 0.193 e. The van der Waals surface area contributed by atoms with Crippen LogP contribution in [0, 0.1) is 0 Å². The molecule has 11 heavy (non-hydrogen) atoms. The Hall–Kier alpha value is -0.240. The van der Waals surface area contributed by atoms with Crippen LogP contribution in [0.3, 0.4) is 0 Å². The fourth-order valence-corrected chi connectivity index (χ4v) is 1.20. The second-order valence-corrected chi connectivity index (χ2v) is 2.66. The van der Waals surface area contributed by atoms with Crippen LogP contribution >= 0.6 is 11.6 Å². The Morgan fingerprint density at radius 2 is 2.00 bits per heavy atom. The SMILES string of the molecule is CCCN(CC)C(Cl)=NCC. The summed E-state index contributed by atoms with van der Waals surface area (Å²) in [4.78, 5) is 6.20. The van der Waals surface area contributed by atoms with Gasteiger partial charge in [-0.3, -0.25) is 4.99 Å². The third-order valence-corrected chi connectivity index (χ3v) is 1.78. The first kappa shape index (κ1) is 10.8. The zero-order valence-corrected chi connectivity index (χ0v) is 8.36. The lowest BCUT2D eigenvalue weighted by Gasteiger charge is -2.19. The number of nitrogens with zero attached hydrogens (tertiary/aromatic N) is 2. The summed E-state index contributed by atoms with van der Waals surface area (Å²) in [7, 11) is 0. The van der Waals surface area contributed by atoms with Gasteiger partial charge in [-0.1, -0.05) is 6.92 Å². The van der Waals surface area contributed by atoms with E-state index in [1.165, 1.54) is 0 Å². The van der Waals surface area contributed by atoms with Crippen molar-refractivity contribution in [1.29, 1.82) is 0 Å². The maximum atomic E-state index is 5.90. The highest BCUT2D eigenvalue weighted by Gasteiger charge is 2.02. The Kier molecular flexibility index (Phi) is 6.33. The van der Waals surface area contributed by atoms with E-state index in [0.29, 0.717) is 5.29 Å². The molecular weight excluding hydrogens is 160 g/mol. The quantitative estimate of drug-likeness (QED) is 0.365. The zero-order valence-electron chi connectivity index (χ0n) is 7.60. The highest BCUT2D eigenvalue weighted by Crippen LogP contribution is 1.98. The van der Waals surface area contributed by atoms with E-state index in [1.54, 1.807) is 0 Å². The third kappa shape index (κ3) is 4.25. The lowest BCUT2D eigenvalue weighted by molar-refractivity contribution is 0.445. The average molecular weight is 177 g/mol. The summed E-state index contributed by atoms with van der Waals surface area (Å²) in [5.74, 6) is 0. The first-order valence-corrected chi connectivity index (χ1v) is 4.58. The summed E-state index contributed by atoms with van der Waals surface area (Å²) < 4.78 is 0. The van der Waals surface area contributed by atoms with Gasteiger partial charge in [0.25, 0.3) is 0 Å². The molecule has 0 aromatic carbocycles. The van der Waals surface area contributed by atoms with Crippen LogP contribution in [-0.2, 0) is 0 Å². The van der Waals surface area contributed by atoms with E-state index in [-0.39, 0.29) is 0 Å². The normalized spacial score (nSPS) is 11.8. The molecule has 0 aliphatic rings. The Bertz CT molecular complexity index is 123. The van der Waals surface area contributed by atoms with Crippen molar-refractivity contribution in [3.8, 4) is 0 Å². The zero-order chi connectivity index (χ0) is 8.69. The third-order valence-electron chi connectivity index (χ3n) is 1.42. The molecule has 0 atom stereocenters. The Morgan fingerprint density at radius 1 is 1.36 bits per heavy atom. The smallest absolute Gasteiger partial charge is 0.193 e. The summed E-state index contributed by atoms with van der Waals surface area (Å²) in [5.41, 5.74) is 0. The van der Waals surface area contributed by atoms with Gasteiger partial charge in [-0.2, -0.15) is 0 Å². The van der Waals surface area contributed by atoms with Gasteiger partial charge in [0.2, 0.25) is 0 Å². The Balaban J connectivity index is 3.90. The number of rotatable bonds is 4. The summed E-state index contributed by atoms with van der Waals surface area (Å²) in [6.45, 7) is 8.91. The second kappa shape index (κ2) is 6.47. The van der Waals surface area contributed by atoms with E-state index in [9.17, 15) is 0 Å². The standard InChI is InChI=1S/C8H17ClN2/c1-4-7-11(6-3)8(9)10-5-2/h4-7H2,1-3H3. The van der Waals surface area contributed by atoms with E-state index >= 15 is 0 Å². The van der Waals surface area contributed by atoms with Crippen molar-refractivity contribution in [2.45, 2.75) is 27.2 Å². The average Bonchev–Trinajstić information content (AvgIpc) is 2.00. The highest BCUT2D eigenvalue weighted by molar-refractivity contribution is 6.64. The van der Waals surface area contributed by atoms with Gasteiger partial charge in [-0.05, 0) is 31.9 Å². The molecular formula is C8H17ClN2. The predicted octanol–water partition coefficient (Wildman–Crippen LogP) is 2.33. The van der Waals surface area contributed by atoms with Crippen molar-refractivity contribution < 1.29 is 0 Å². The van der Waals surface area contributed by atoms with Crippen LogP contribution in [0.25, 0.3) is 0 Å². The Morgan fingerprint density at radius 3 is 2.36 bits per heavy atom. The summed E-state index contributed by atoms with van der Waals surface area (Å²) in [5, 5.41) is 0.650. The lowest BCUT2D eigenvalue weighted by atomic mass is 10.4.